The standard InChI is InChI=1S/C22H21N3O4/c1-25-12-16(15-7-2-3-8-17(15)25)20-19(21(28)24-22(20)29)13-5-4-6-14(11-13)23-18(27)9-10-26/h2-8,11-12,18,23,26-27H,9-10H2,1H3,(H,24,28,29). The van der Waals surface area contributed by atoms with Crippen molar-refractivity contribution < 1.29 is 19.8 Å². The van der Waals surface area contributed by atoms with Gasteiger partial charge in [0.1, 0.15) is 6.23 Å². The topological polar surface area (TPSA) is 104 Å². The lowest BCUT2D eigenvalue weighted by Gasteiger charge is -2.14. The third-order valence-electron chi connectivity index (χ3n) is 4.98. The molecule has 7 heteroatoms. The summed E-state index contributed by atoms with van der Waals surface area (Å²) < 4.78 is 1.93. The molecule has 7 nitrogen and oxygen atoms in total. The Morgan fingerprint density at radius 1 is 1.07 bits per heavy atom. The molecule has 1 aromatic heterocycles. The normalized spacial score (nSPS) is 15.1. The van der Waals surface area contributed by atoms with Gasteiger partial charge in [-0.3, -0.25) is 14.9 Å². The van der Waals surface area contributed by atoms with Crippen molar-refractivity contribution in [2.45, 2.75) is 12.6 Å². The van der Waals surface area contributed by atoms with Crippen LogP contribution in [0.5, 0.6) is 0 Å². The van der Waals surface area contributed by atoms with Crippen LogP contribution in [0.3, 0.4) is 0 Å². The number of rotatable bonds is 6. The van der Waals surface area contributed by atoms with Crippen molar-refractivity contribution in [1.29, 1.82) is 0 Å². The minimum atomic E-state index is -0.916. The van der Waals surface area contributed by atoms with Gasteiger partial charge in [-0.05, 0) is 23.8 Å². The second-order valence-corrected chi connectivity index (χ2v) is 6.96. The number of hydrogen-bond donors (Lipinski definition) is 4. The lowest BCUT2D eigenvalue weighted by molar-refractivity contribution is -0.122. The van der Waals surface area contributed by atoms with Crippen molar-refractivity contribution >= 4 is 39.6 Å². The van der Waals surface area contributed by atoms with Crippen LogP contribution in [0.1, 0.15) is 17.5 Å². The van der Waals surface area contributed by atoms with Crippen LogP contribution < -0.4 is 10.6 Å². The highest BCUT2D eigenvalue weighted by Gasteiger charge is 2.33. The van der Waals surface area contributed by atoms with Gasteiger partial charge in [-0.2, -0.15) is 0 Å². The first-order valence-electron chi connectivity index (χ1n) is 9.30. The maximum Gasteiger partial charge on any atom is 0.259 e. The largest absolute Gasteiger partial charge is 0.396 e. The number of imide groups is 1. The van der Waals surface area contributed by atoms with Gasteiger partial charge in [0.05, 0.1) is 11.1 Å². The Morgan fingerprint density at radius 2 is 1.83 bits per heavy atom. The third-order valence-corrected chi connectivity index (χ3v) is 4.98. The summed E-state index contributed by atoms with van der Waals surface area (Å²) in [6, 6.07) is 14.7. The van der Waals surface area contributed by atoms with E-state index in [2.05, 4.69) is 10.6 Å². The Morgan fingerprint density at radius 3 is 2.62 bits per heavy atom. The number of aryl methyl sites for hydroxylation is 1. The Hall–Kier alpha value is -3.42. The molecule has 1 atom stereocenters. The molecule has 2 heterocycles. The molecule has 3 aromatic rings. The van der Waals surface area contributed by atoms with Crippen LogP contribution in [0, 0.1) is 0 Å². The molecule has 2 aromatic carbocycles. The van der Waals surface area contributed by atoms with Gasteiger partial charge in [0.15, 0.2) is 0 Å². The van der Waals surface area contributed by atoms with Crippen LogP contribution in [-0.2, 0) is 16.6 Å². The quantitative estimate of drug-likeness (QED) is 0.379. The Kier molecular flexibility index (Phi) is 4.92. The van der Waals surface area contributed by atoms with E-state index in [4.69, 9.17) is 5.11 Å². The molecule has 0 fully saturated rings. The van der Waals surface area contributed by atoms with Crippen molar-refractivity contribution in [1.82, 2.24) is 9.88 Å². The van der Waals surface area contributed by atoms with Crippen LogP contribution in [-0.4, -0.2) is 39.4 Å². The summed E-state index contributed by atoms with van der Waals surface area (Å²) in [5.74, 6) is -0.883. The summed E-state index contributed by atoms with van der Waals surface area (Å²) in [4.78, 5) is 25.3. The Bertz CT molecular complexity index is 1150. The first kappa shape index (κ1) is 18.9. The van der Waals surface area contributed by atoms with E-state index in [9.17, 15) is 14.7 Å². The number of para-hydroxylation sites is 1. The van der Waals surface area contributed by atoms with Gasteiger partial charge in [0, 0.05) is 48.4 Å². The molecule has 0 spiro atoms. The number of anilines is 1. The van der Waals surface area contributed by atoms with E-state index in [1.165, 1.54) is 0 Å². The van der Waals surface area contributed by atoms with Crippen molar-refractivity contribution in [3.63, 3.8) is 0 Å². The number of hydrogen-bond acceptors (Lipinski definition) is 5. The second-order valence-electron chi connectivity index (χ2n) is 6.96. The Balaban J connectivity index is 1.85. The van der Waals surface area contributed by atoms with Gasteiger partial charge >= 0.3 is 0 Å². The highest BCUT2D eigenvalue weighted by molar-refractivity contribution is 6.50. The van der Waals surface area contributed by atoms with Crippen LogP contribution in [0.4, 0.5) is 5.69 Å². The van der Waals surface area contributed by atoms with Crippen LogP contribution in [0.25, 0.3) is 22.0 Å². The van der Waals surface area contributed by atoms with E-state index in [-0.39, 0.29) is 13.0 Å². The number of aromatic nitrogens is 1. The second kappa shape index (κ2) is 7.54. The SMILES string of the molecule is Cn1cc(C2=C(c3cccc(NC(O)CCO)c3)C(=O)NC2=O)c2ccccc21. The molecule has 1 aliphatic heterocycles. The average molecular weight is 391 g/mol. The van der Waals surface area contributed by atoms with Crippen molar-refractivity contribution in [3.05, 3.63) is 65.9 Å². The van der Waals surface area contributed by atoms with Crippen LogP contribution in [0.15, 0.2) is 54.7 Å². The number of amides is 2. The zero-order valence-corrected chi connectivity index (χ0v) is 15.8. The van der Waals surface area contributed by atoms with Crippen molar-refractivity contribution in [2.24, 2.45) is 7.05 Å². The molecule has 29 heavy (non-hydrogen) atoms. The molecule has 1 aliphatic rings. The number of carbonyl (C=O) groups excluding carboxylic acids is 2. The number of benzene rings is 2. The summed E-state index contributed by atoms with van der Waals surface area (Å²) in [5, 5.41) is 25.0. The molecule has 4 N–H and O–H groups in total. The number of nitrogens with zero attached hydrogens (tertiary/aromatic N) is 1. The van der Waals surface area contributed by atoms with Crippen LogP contribution in [0.2, 0.25) is 0 Å². The Labute approximate surface area is 167 Å². The van der Waals surface area contributed by atoms with Gasteiger partial charge in [-0.25, -0.2) is 0 Å². The highest BCUT2D eigenvalue weighted by Crippen LogP contribution is 2.36. The van der Waals surface area contributed by atoms with E-state index in [0.717, 1.165) is 10.9 Å². The summed E-state index contributed by atoms with van der Waals surface area (Å²) >= 11 is 0. The molecule has 2 amide bonds. The maximum absolute atomic E-state index is 12.7. The predicted octanol–water partition coefficient (Wildman–Crippen LogP) is 1.86. The molecular weight excluding hydrogens is 370 g/mol. The fraction of sp³-hybridized carbons (Fsp3) is 0.182. The molecule has 0 aliphatic carbocycles. The molecule has 0 saturated heterocycles. The smallest absolute Gasteiger partial charge is 0.259 e. The number of fused-ring (bicyclic) bond motifs is 1. The van der Waals surface area contributed by atoms with Gasteiger partial charge in [-0.1, -0.05) is 30.3 Å². The number of carbonyl (C=O) groups is 2. The van der Waals surface area contributed by atoms with E-state index < -0.39 is 18.0 Å². The first-order chi connectivity index (χ1) is 14.0. The van der Waals surface area contributed by atoms with E-state index in [1.807, 2.05) is 42.1 Å². The highest BCUT2D eigenvalue weighted by atomic mass is 16.3. The van der Waals surface area contributed by atoms with Gasteiger partial charge < -0.3 is 20.1 Å². The summed E-state index contributed by atoms with van der Waals surface area (Å²) in [6.45, 7) is -0.152. The van der Waals surface area contributed by atoms with Gasteiger partial charge in [0.25, 0.3) is 11.8 Å². The monoisotopic (exact) mass is 391 g/mol. The fourth-order valence-electron chi connectivity index (χ4n) is 3.68. The first-order valence-corrected chi connectivity index (χ1v) is 9.30. The summed E-state index contributed by atoms with van der Waals surface area (Å²) in [7, 11) is 1.90. The van der Waals surface area contributed by atoms with Crippen molar-refractivity contribution in [3.8, 4) is 0 Å². The average Bonchev–Trinajstić information content (AvgIpc) is 3.18. The molecule has 1 unspecified atom stereocenters. The van der Waals surface area contributed by atoms with Crippen LogP contribution >= 0.6 is 0 Å². The minimum Gasteiger partial charge on any atom is -0.396 e. The lowest BCUT2D eigenvalue weighted by atomic mass is 9.95. The fourth-order valence-corrected chi connectivity index (χ4v) is 3.68. The third kappa shape index (κ3) is 3.41. The molecule has 148 valence electrons. The van der Waals surface area contributed by atoms with Gasteiger partial charge in [0.2, 0.25) is 0 Å². The zero-order chi connectivity index (χ0) is 20.5. The summed E-state index contributed by atoms with van der Waals surface area (Å²) in [6.07, 6.45) is 1.11. The number of nitrogens with one attached hydrogen (secondary N) is 2. The van der Waals surface area contributed by atoms with E-state index in [0.29, 0.717) is 28.0 Å². The van der Waals surface area contributed by atoms with E-state index >= 15 is 0 Å². The van der Waals surface area contributed by atoms with Gasteiger partial charge in [-0.15, -0.1) is 0 Å². The molecule has 0 saturated carbocycles. The number of aliphatic hydroxyl groups is 2. The number of aliphatic hydroxyl groups excluding tert-OH is 2. The molecule has 0 bridgehead atoms. The predicted molar refractivity (Wildman–Crippen MR) is 111 cm³/mol. The molecule has 4 rings (SSSR count). The van der Waals surface area contributed by atoms with E-state index in [1.54, 1.807) is 24.3 Å². The molecular formula is C22H21N3O4. The maximum atomic E-state index is 12.7. The minimum absolute atomic E-state index is 0.152. The van der Waals surface area contributed by atoms with Crippen molar-refractivity contribution in [2.75, 3.05) is 11.9 Å². The summed E-state index contributed by atoms with van der Waals surface area (Å²) in [5.41, 5.74) is 3.44. The lowest BCUT2D eigenvalue weighted by Crippen LogP contribution is -2.23. The zero-order valence-electron chi connectivity index (χ0n) is 15.8. The molecule has 0 radical (unpaired) electrons.